The van der Waals surface area contributed by atoms with Crippen LogP contribution in [0.15, 0.2) is 119 Å². The molecule has 0 fully saturated rings. The van der Waals surface area contributed by atoms with Gasteiger partial charge in [0, 0.05) is 27.1 Å². The number of aromatic nitrogens is 1. The number of thioether (sulfide) groups is 1. The second-order valence-corrected chi connectivity index (χ2v) is 12.8. The quantitative estimate of drug-likeness (QED) is 0.0922. The maximum atomic E-state index is 13.3. The fourth-order valence-electron chi connectivity index (χ4n) is 4.40. The van der Waals surface area contributed by atoms with Crippen LogP contribution < -0.4 is 20.7 Å². The number of carbonyl (C=O) groups excluding carboxylic acids is 3. The SMILES string of the molecule is CCOc1ccc(-c2csc(NC(=O)C(C)Sc3ccc(NC(=O)/C(=C/c4ccc(C)cc4)NC(=O)c4ccccc4)cc3)n2)cc1. The average Bonchev–Trinajstić information content (AvgIpc) is 3.55. The van der Waals surface area contributed by atoms with Crippen molar-refractivity contribution in [3.63, 3.8) is 0 Å². The van der Waals surface area contributed by atoms with Crippen LogP contribution in [0.25, 0.3) is 17.3 Å². The van der Waals surface area contributed by atoms with Crippen LogP contribution in [-0.2, 0) is 9.59 Å². The van der Waals surface area contributed by atoms with Gasteiger partial charge in [0.2, 0.25) is 5.91 Å². The lowest BCUT2D eigenvalue weighted by Gasteiger charge is -2.13. The van der Waals surface area contributed by atoms with Gasteiger partial charge in [-0.1, -0.05) is 48.0 Å². The number of carbonyl (C=O) groups is 3. The zero-order valence-corrected chi connectivity index (χ0v) is 27.8. The van der Waals surface area contributed by atoms with E-state index < -0.39 is 11.2 Å². The Morgan fingerprint density at radius 2 is 1.60 bits per heavy atom. The van der Waals surface area contributed by atoms with Crippen molar-refractivity contribution in [3.8, 4) is 17.0 Å². The van der Waals surface area contributed by atoms with Crippen molar-refractivity contribution in [2.24, 2.45) is 0 Å². The van der Waals surface area contributed by atoms with Crippen LogP contribution >= 0.6 is 23.1 Å². The lowest BCUT2D eigenvalue weighted by Crippen LogP contribution is -2.30. The van der Waals surface area contributed by atoms with Crippen LogP contribution in [0.3, 0.4) is 0 Å². The van der Waals surface area contributed by atoms with E-state index in [1.54, 1.807) is 42.5 Å². The van der Waals surface area contributed by atoms with E-state index in [-0.39, 0.29) is 17.5 Å². The summed E-state index contributed by atoms with van der Waals surface area (Å²) in [5.74, 6) is -0.215. The highest BCUT2D eigenvalue weighted by atomic mass is 32.2. The summed E-state index contributed by atoms with van der Waals surface area (Å²) in [5.41, 5.74) is 4.68. The first-order chi connectivity index (χ1) is 22.8. The molecule has 238 valence electrons. The Morgan fingerprint density at radius 3 is 2.28 bits per heavy atom. The Bertz CT molecular complexity index is 1850. The zero-order valence-electron chi connectivity index (χ0n) is 26.2. The number of ether oxygens (including phenoxy) is 1. The molecule has 5 rings (SSSR count). The molecule has 0 bridgehead atoms. The van der Waals surface area contributed by atoms with Gasteiger partial charge in [0.15, 0.2) is 5.13 Å². The van der Waals surface area contributed by atoms with Crippen molar-refractivity contribution >= 4 is 57.7 Å². The summed E-state index contributed by atoms with van der Waals surface area (Å²) < 4.78 is 5.50. The van der Waals surface area contributed by atoms with Crippen LogP contribution in [0.1, 0.15) is 35.3 Å². The molecule has 1 heterocycles. The predicted molar refractivity (Wildman–Crippen MR) is 191 cm³/mol. The molecule has 8 nitrogen and oxygen atoms in total. The second kappa shape index (κ2) is 15.9. The molecule has 0 aliphatic rings. The maximum Gasteiger partial charge on any atom is 0.272 e. The standard InChI is InChI=1S/C37H34N4O4S2/c1-4-45-30-18-14-27(15-19-30)33-23-46-37(40-33)41-34(42)25(3)47-31-20-16-29(17-21-31)38-36(44)32(22-26-12-10-24(2)11-13-26)39-35(43)28-8-6-5-7-9-28/h5-23,25H,4H2,1-3H3,(H,38,44)(H,39,43)(H,40,41,42)/b32-22-. The molecule has 1 unspecified atom stereocenters. The molecule has 0 aliphatic carbocycles. The third-order valence-electron chi connectivity index (χ3n) is 6.91. The van der Waals surface area contributed by atoms with E-state index in [2.05, 4.69) is 20.9 Å². The van der Waals surface area contributed by atoms with Crippen LogP contribution in [0, 0.1) is 6.92 Å². The summed E-state index contributed by atoms with van der Waals surface area (Å²) in [5, 5.41) is 10.6. The highest BCUT2D eigenvalue weighted by molar-refractivity contribution is 8.00. The number of hydrogen-bond acceptors (Lipinski definition) is 7. The number of thiazole rings is 1. The van der Waals surface area contributed by atoms with E-state index in [1.165, 1.54) is 23.1 Å². The van der Waals surface area contributed by atoms with Crippen LogP contribution in [0.2, 0.25) is 0 Å². The molecule has 5 aromatic rings. The first-order valence-electron chi connectivity index (χ1n) is 15.0. The fraction of sp³-hybridized carbons (Fsp3) is 0.135. The maximum absolute atomic E-state index is 13.3. The van der Waals surface area contributed by atoms with Gasteiger partial charge in [-0.2, -0.15) is 0 Å². The van der Waals surface area contributed by atoms with E-state index in [4.69, 9.17) is 4.74 Å². The van der Waals surface area contributed by atoms with Gasteiger partial charge in [0.25, 0.3) is 11.8 Å². The highest BCUT2D eigenvalue weighted by Crippen LogP contribution is 2.29. The minimum Gasteiger partial charge on any atom is -0.494 e. The second-order valence-electron chi connectivity index (χ2n) is 10.5. The van der Waals surface area contributed by atoms with Crippen molar-refractivity contribution in [1.82, 2.24) is 10.3 Å². The Labute approximate surface area is 282 Å². The average molecular weight is 663 g/mol. The van der Waals surface area contributed by atoms with Crippen molar-refractivity contribution in [2.75, 3.05) is 17.2 Å². The van der Waals surface area contributed by atoms with E-state index in [0.29, 0.717) is 23.0 Å². The molecule has 10 heteroatoms. The van der Waals surface area contributed by atoms with Crippen LogP contribution in [0.5, 0.6) is 5.75 Å². The van der Waals surface area contributed by atoms with Crippen molar-refractivity contribution in [3.05, 3.63) is 131 Å². The van der Waals surface area contributed by atoms with Gasteiger partial charge in [-0.05, 0) is 93.1 Å². The van der Waals surface area contributed by atoms with Gasteiger partial charge < -0.3 is 20.7 Å². The Balaban J connectivity index is 1.19. The molecule has 3 N–H and O–H groups in total. The molecular weight excluding hydrogens is 629 g/mol. The molecule has 0 saturated carbocycles. The number of nitrogens with zero attached hydrogens (tertiary/aromatic N) is 1. The monoisotopic (exact) mass is 662 g/mol. The largest absolute Gasteiger partial charge is 0.494 e. The molecule has 0 radical (unpaired) electrons. The van der Waals surface area contributed by atoms with Crippen LogP contribution in [0.4, 0.5) is 10.8 Å². The number of aryl methyl sites for hydroxylation is 1. The van der Waals surface area contributed by atoms with Gasteiger partial charge >= 0.3 is 0 Å². The number of rotatable bonds is 12. The lowest BCUT2D eigenvalue weighted by atomic mass is 10.1. The van der Waals surface area contributed by atoms with Gasteiger partial charge in [-0.25, -0.2) is 4.98 Å². The number of nitrogens with one attached hydrogen (secondary N) is 3. The third kappa shape index (κ3) is 9.41. The molecule has 4 aromatic carbocycles. The topological polar surface area (TPSA) is 109 Å². The Kier molecular flexibility index (Phi) is 11.2. The molecular formula is C37H34N4O4S2. The fourth-order valence-corrected chi connectivity index (χ4v) is 5.99. The van der Waals surface area contributed by atoms with Crippen molar-refractivity contribution in [1.29, 1.82) is 0 Å². The van der Waals surface area contributed by atoms with E-state index in [9.17, 15) is 14.4 Å². The summed E-state index contributed by atoms with van der Waals surface area (Å²) in [6, 6.07) is 31.3. The lowest BCUT2D eigenvalue weighted by molar-refractivity contribution is -0.115. The number of anilines is 2. The number of benzene rings is 4. The minimum absolute atomic E-state index is 0.110. The molecule has 0 spiro atoms. The molecule has 3 amide bonds. The summed E-state index contributed by atoms with van der Waals surface area (Å²) >= 11 is 2.76. The molecule has 0 saturated heterocycles. The zero-order chi connectivity index (χ0) is 33.2. The van der Waals surface area contributed by atoms with E-state index in [0.717, 1.165) is 33.0 Å². The predicted octanol–water partition coefficient (Wildman–Crippen LogP) is 8.05. The third-order valence-corrected chi connectivity index (χ3v) is 8.78. The summed E-state index contributed by atoms with van der Waals surface area (Å²) in [7, 11) is 0. The molecule has 0 aliphatic heterocycles. The number of amides is 3. The summed E-state index contributed by atoms with van der Waals surface area (Å²) in [6.07, 6.45) is 1.64. The van der Waals surface area contributed by atoms with Gasteiger partial charge in [0.05, 0.1) is 17.6 Å². The van der Waals surface area contributed by atoms with Gasteiger partial charge in [0.1, 0.15) is 11.4 Å². The molecule has 1 aromatic heterocycles. The van der Waals surface area contributed by atoms with Crippen LogP contribution in [-0.4, -0.2) is 34.6 Å². The smallest absolute Gasteiger partial charge is 0.272 e. The summed E-state index contributed by atoms with van der Waals surface area (Å²) in [6.45, 7) is 6.35. The van der Waals surface area contributed by atoms with E-state index in [1.807, 2.05) is 92.9 Å². The summed E-state index contributed by atoms with van der Waals surface area (Å²) in [4.78, 5) is 44.6. The van der Waals surface area contributed by atoms with Crippen molar-refractivity contribution in [2.45, 2.75) is 30.9 Å². The first kappa shape index (κ1) is 33.2. The van der Waals surface area contributed by atoms with Crippen molar-refractivity contribution < 1.29 is 19.1 Å². The van der Waals surface area contributed by atoms with E-state index >= 15 is 0 Å². The Hall–Kier alpha value is -5.19. The van der Waals surface area contributed by atoms with Gasteiger partial charge in [-0.15, -0.1) is 23.1 Å². The number of hydrogen-bond donors (Lipinski definition) is 3. The molecule has 1 atom stereocenters. The molecule has 47 heavy (non-hydrogen) atoms. The first-order valence-corrected chi connectivity index (χ1v) is 16.8. The Morgan fingerprint density at radius 1 is 0.894 bits per heavy atom. The van der Waals surface area contributed by atoms with Gasteiger partial charge in [-0.3, -0.25) is 14.4 Å². The minimum atomic E-state index is -0.462. The highest BCUT2D eigenvalue weighted by Gasteiger charge is 2.18. The normalized spacial score (nSPS) is 11.8.